The number of aromatic nitrogens is 2. The minimum absolute atomic E-state index is 0.151. The molecule has 0 radical (unpaired) electrons. The highest BCUT2D eigenvalue weighted by Gasteiger charge is 2.12. The van der Waals surface area contributed by atoms with Crippen molar-refractivity contribution in [2.75, 3.05) is 0 Å². The van der Waals surface area contributed by atoms with Gasteiger partial charge in [-0.1, -0.05) is 0 Å². The molecule has 3 aromatic rings. The molecule has 4 heteroatoms. The van der Waals surface area contributed by atoms with E-state index >= 15 is 0 Å². The summed E-state index contributed by atoms with van der Waals surface area (Å²) in [6.07, 6.45) is 1.61. The number of halogens is 1. The van der Waals surface area contributed by atoms with Crippen LogP contribution in [0.15, 0.2) is 36.7 Å². The van der Waals surface area contributed by atoms with Gasteiger partial charge in [-0.25, -0.2) is 9.37 Å². The van der Waals surface area contributed by atoms with Crippen LogP contribution in [0, 0.1) is 19.7 Å². The highest BCUT2D eigenvalue weighted by molar-refractivity contribution is 5.94. The zero-order chi connectivity index (χ0) is 15.1. The number of fused-ring (bicyclic) bond motifs is 1. The number of Topliss-reactive ketones (excluding diaryl/α,β-unsaturated/α-hetero) is 1. The van der Waals surface area contributed by atoms with Gasteiger partial charge in [0.15, 0.2) is 5.78 Å². The summed E-state index contributed by atoms with van der Waals surface area (Å²) in [7, 11) is 0. The first kappa shape index (κ1) is 13.5. The van der Waals surface area contributed by atoms with Crippen LogP contribution in [0.25, 0.3) is 16.7 Å². The second-order valence-corrected chi connectivity index (χ2v) is 5.26. The lowest BCUT2D eigenvalue weighted by molar-refractivity contribution is 0.101. The minimum atomic E-state index is -0.430. The second kappa shape index (κ2) is 4.81. The van der Waals surface area contributed by atoms with Gasteiger partial charge in [-0.2, -0.15) is 0 Å². The fourth-order valence-corrected chi connectivity index (χ4v) is 2.38. The molecule has 1 heterocycles. The van der Waals surface area contributed by atoms with Gasteiger partial charge >= 0.3 is 0 Å². The molecule has 0 aliphatic carbocycles. The topological polar surface area (TPSA) is 34.9 Å². The molecule has 0 bridgehead atoms. The van der Waals surface area contributed by atoms with Crippen molar-refractivity contribution in [3.05, 3.63) is 59.2 Å². The molecule has 0 saturated heterocycles. The molecule has 0 unspecified atom stereocenters. The first-order valence-corrected chi connectivity index (χ1v) is 6.72. The summed E-state index contributed by atoms with van der Waals surface area (Å²) in [5.74, 6) is -0.581. The van der Waals surface area contributed by atoms with Crippen LogP contribution in [0.3, 0.4) is 0 Å². The number of ketones is 1. The molecule has 0 saturated carbocycles. The summed E-state index contributed by atoms with van der Waals surface area (Å²) >= 11 is 0. The van der Waals surface area contributed by atoms with Gasteiger partial charge in [0.2, 0.25) is 0 Å². The normalized spacial score (nSPS) is 11.0. The number of imidazole rings is 1. The molecule has 1 aromatic heterocycles. The SMILES string of the molecule is CC(=O)c1ccc(-n2cnc3cc(C)c(C)cc32)c(F)c1. The molecular weight excluding hydrogens is 267 g/mol. The molecule has 0 spiro atoms. The van der Waals surface area contributed by atoms with Crippen LogP contribution in [-0.2, 0) is 0 Å². The molecule has 3 nitrogen and oxygen atoms in total. The molecule has 0 atom stereocenters. The van der Waals surface area contributed by atoms with E-state index < -0.39 is 5.82 Å². The van der Waals surface area contributed by atoms with Crippen LogP contribution in [-0.4, -0.2) is 15.3 Å². The lowest BCUT2D eigenvalue weighted by Gasteiger charge is -2.08. The van der Waals surface area contributed by atoms with Crippen LogP contribution in [0.2, 0.25) is 0 Å². The Hall–Kier alpha value is -2.49. The van der Waals surface area contributed by atoms with Crippen LogP contribution in [0.4, 0.5) is 4.39 Å². The molecule has 0 fully saturated rings. The molecule has 0 amide bonds. The van der Waals surface area contributed by atoms with Gasteiger partial charge in [0.25, 0.3) is 0 Å². The number of carbonyl (C=O) groups excluding carboxylic acids is 1. The van der Waals surface area contributed by atoms with Gasteiger partial charge in [-0.15, -0.1) is 0 Å². The fourth-order valence-electron chi connectivity index (χ4n) is 2.38. The summed E-state index contributed by atoms with van der Waals surface area (Å²) in [4.78, 5) is 15.6. The lowest BCUT2D eigenvalue weighted by atomic mass is 10.1. The van der Waals surface area contributed by atoms with Gasteiger partial charge in [-0.3, -0.25) is 9.36 Å². The highest BCUT2D eigenvalue weighted by Crippen LogP contribution is 2.24. The van der Waals surface area contributed by atoms with Crippen molar-refractivity contribution in [2.45, 2.75) is 20.8 Å². The van der Waals surface area contributed by atoms with E-state index in [4.69, 9.17) is 0 Å². The lowest BCUT2D eigenvalue weighted by Crippen LogP contribution is -2.00. The van der Waals surface area contributed by atoms with Gasteiger partial charge in [0, 0.05) is 5.56 Å². The third-order valence-electron chi connectivity index (χ3n) is 3.78. The van der Waals surface area contributed by atoms with Gasteiger partial charge in [0.1, 0.15) is 12.1 Å². The predicted molar refractivity (Wildman–Crippen MR) is 80.5 cm³/mol. The van der Waals surface area contributed by atoms with Crippen molar-refractivity contribution >= 4 is 16.8 Å². The van der Waals surface area contributed by atoms with E-state index in [2.05, 4.69) is 4.98 Å². The average Bonchev–Trinajstić information content (AvgIpc) is 2.82. The first-order chi connectivity index (χ1) is 9.97. The number of rotatable bonds is 2. The monoisotopic (exact) mass is 282 g/mol. The Morgan fingerprint density at radius 2 is 1.86 bits per heavy atom. The minimum Gasteiger partial charge on any atom is -0.296 e. The molecule has 21 heavy (non-hydrogen) atoms. The smallest absolute Gasteiger partial charge is 0.159 e. The Kier molecular flexibility index (Phi) is 3.09. The zero-order valence-corrected chi connectivity index (χ0v) is 12.1. The summed E-state index contributed by atoms with van der Waals surface area (Å²) in [6.45, 7) is 5.46. The summed E-state index contributed by atoms with van der Waals surface area (Å²) in [5, 5.41) is 0. The van der Waals surface area contributed by atoms with Gasteiger partial charge < -0.3 is 0 Å². The van der Waals surface area contributed by atoms with E-state index in [1.54, 1.807) is 23.0 Å². The third-order valence-corrected chi connectivity index (χ3v) is 3.78. The summed E-state index contributed by atoms with van der Waals surface area (Å²) in [6, 6.07) is 8.50. The Morgan fingerprint density at radius 3 is 2.52 bits per heavy atom. The third kappa shape index (κ3) is 2.23. The number of benzene rings is 2. The van der Waals surface area contributed by atoms with Crippen molar-refractivity contribution in [3.8, 4) is 5.69 Å². The molecule has 0 aliphatic rings. The number of nitrogens with zero attached hydrogens (tertiary/aromatic N) is 2. The van der Waals surface area contributed by atoms with Crippen molar-refractivity contribution in [2.24, 2.45) is 0 Å². The maximum absolute atomic E-state index is 14.3. The Labute approximate surface area is 122 Å². The number of hydrogen-bond donors (Lipinski definition) is 0. The Balaban J connectivity index is 2.21. The molecule has 3 rings (SSSR count). The van der Waals surface area contributed by atoms with Crippen LogP contribution in [0.5, 0.6) is 0 Å². The van der Waals surface area contributed by atoms with Crippen molar-refractivity contribution < 1.29 is 9.18 Å². The molecule has 0 N–H and O–H groups in total. The first-order valence-electron chi connectivity index (χ1n) is 6.72. The van der Waals surface area contributed by atoms with Gasteiger partial charge in [-0.05, 0) is 62.2 Å². The van der Waals surface area contributed by atoms with E-state index in [1.807, 2.05) is 26.0 Å². The van der Waals surface area contributed by atoms with Crippen molar-refractivity contribution in [1.82, 2.24) is 9.55 Å². The predicted octanol–water partition coefficient (Wildman–Crippen LogP) is 3.98. The molecular formula is C17H15FN2O. The fraction of sp³-hybridized carbons (Fsp3) is 0.176. The Bertz CT molecular complexity index is 865. The van der Waals surface area contributed by atoms with Gasteiger partial charge in [0.05, 0.1) is 16.7 Å². The average molecular weight is 282 g/mol. The van der Waals surface area contributed by atoms with E-state index in [0.29, 0.717) is 11.3 Å². The maximum atomic E-state index is 14.3. The zero-order valence-electron chi connectivity index (χ0n) is 12.1. The summed E-state index contributed by atoms with van der Waals surface area (Å²) in [5.41, 5.74) is 4.73. The standard InChI is InChI=1S/C17H15FN2O/c1-10-6-15-17(7-11(10)2)20(9-19-15)16-5-4-13(12(3)21)8-14(16)18/h4-9H,1-3H3. The highest BCUT2D eigenvalue weighted by atomic mass is 19.1. The quantitative estimate of drug-likeness (QED) is 0.666. The molecule has 0 aliphatic heterocycles. The van der Waals surface area contributed by atoms with E-state index in [-0.39, 0.29) is 5.78 Å². The number of aryl methyl sites for hydroxylation is 2. The number of carbonyl (C=O) groups is 1. The molecule has 2 aromatic carbocycles. The largest absolute Gasteiger partial charge is 0.296 e. The van der Waals surface area contributed by atoms with E-state index in [9.17, 15) is 9.18 Å². The van der Waals surface area contributed by atoms with Crippen LogP contribution in [0.1, 0.15) is 28.4 Å². The van der Waals surface area contributed by atoms with Crippen molar-refractivity contribution in [3.63, 3.8) is 0 Å². The van der Waals surface area contributed by atoms with Crippen LogP contribution < -0.4 is 0 Å². The van der Waals surface area contributed by atoms with E-state index in [1.165, 1.54) is 13.0 Å². The van der Waals surface area contributed by atoms with Crippen molar-refractivity contribution in [1.29, 1.82) is 0 Å². The second-order valence-electron chi connectivity index (χ2n) is 5.26. The van der Waals surface area contributed by atoms with E-state index in [0.717, 1.165) is 22.2 Å². The summed E-state index contributed by atoms with van der Waals surface area (Å²) < 4.78 is 16.0. The van der Waals surface area contributed by atoms with Crippen LogP contribution >= 0.6 is 0 Å². The molecule has 106 valence electrons. The Morgan fingerprint density at radius 1 is 1.14 bits per heavy atom. The maximum Gasteiger partial charge on any atom is 0.159 e. The number of hydrogen-bond acceptors (Lipinski definition) is 2.